The van der Waals surface area contributed by atoms with Crippen LogP contribution in [0.15, 0.2) is 0 Å². The molecule has 0 spiro atoms. The van der Waals surface area contributed by atoms with E-state index in [9.17, 15) is 18.0 Å². The van der Waals surface area contributed by atoms with E-state index in [4.69, 9.17) is 0 Å². The second-order valence-corrected chi connectivity index (χ2v) is 1.62. The zero-order valence-corrected chi connectivity index (χ0v) is 4.69. The van der Waals surface area contributed by atoms with Gasteiger partial charge in [-0.15, -0.1) is 0 Å². The van der Waals surface area contributed by atoms with Gasteiger partial charge in [-0.25, -0.2) is 13.2 Å². The highest BCUT2D eigenvalue weighted by Crippen LogP contribution is 2.06. The van der Waals surface area contributed by atoms with Crippen molar-refractivity contribution >= 4 is 6.29 Å². The fourth-order valence-corrected chi connectivity index (χ4v) is 0.353. The van der Waals surface area contributed by atoms with Crippen LogP contribution >= 0.6 is 0 Å². The molecule has 1 atom stereocenters. The first-order valence-corrected chi connectivity index (χ1v) is 2.54. The first-order chi connectivity index (χ1) is 4.16. The van der Waals surface area contributed by atoms with Crippen LogP contribution in [0.4, 0.5) is 13.2 Å². The Bertz CT molecular complexity index is 84.3. The molecule has 0 saturated carbocycles. The predicted molar refractivity (Wildman–Crippen MR) is 26.2 cm³/mol. The highest BCUT2D eigenvalue weighted by molar-refractivity contribution is 5.55. The summed E-state index contributed by atoms with van der Waals surface area (Å²) in [5.41, 5.74) is 0. The number of alkyl halides is 3. The van der Waals surface area contributed by atoms with E-state index in [2.05, 4.69) is 0 Å². The average Bonchev–Trinajstić information content (AvgIpc) is 1.83. The lowest BCUT2D eigenvalue weighted by molar-refractivity contribution is -0.112. The largest absolute Gasteiger partial charge is 0.300 e. The molecule has 0 aromatic carbocycles. The molecule has 0 bridgehead atoms. The van der Waals surface area contributed by atoms with Gasteiger partial charge in [-0.1, -0.05) is 0 Å². The van der Waals surface area contributed by atoms with Crippen molar-refractivity contribution in [1.82, 2.24) is 0 Å². The molecule has 0 saturated heterocycles. The summed E-state index contributed by atoms with van der Waals surface area (Å²) < 4.78 is 34.3. The predicted octanol–water partition coefficient (Wildman–Crippen LogP) is 1.57. The Morgan fingerprint density at radius 3 is 2.11 bits per heavy atom. The lowest BCUT2D eigenvalue weighted by atomic mass is 10.2. The maximum atomic E-state index is 11.8. The average molecular weight is 140 g/mol. The maximum absolute atomic E-state index is 11.8. The number of hydrogen-bond acceptors (Lipinski definition) is 1. The molecular weight excluding hydrogens is 133 g/mol. The third-order valence-corrected chi connectivity index (χ3v) is 0.808. The molecule has 0 aliphatic carbocycles. The first-order valence-electron chi connectivity index (χ1n) is 2.54. The van der Waals surface area contributed by atoms with Crippen molar-refractivity contribution in [2.75, 3.05) is 0 Å². The number of carbonyl (C=O) groups is 1. The Morgan fingerprint density at radius 1 is 1.22 bits per heavy atom. The molecule has 1 unspecified atom stereocenters. The van der Waals surface area contributed by atoms with Gasteiger partial charge in [0.05, 0.1) is 0 Å². The molecule has 0 radical (unpaired) electrons. The van der Waals surface area contributed by atoms with Gasteiger partial charge in [0.15, 0.2) is 12.5 Å². The van der Waals surface area contributed by atoms with E-state index in [0.717, 1.165) is 0 Å². The fraction of sp³-hybridized carbons (Fsp3) is 0.800. The van der Waals surface area contributed by atoms with Gasteiger partial charge >= 0.3 is 0 Å². The van der Waals surface area contributed by atoms with Crippen LogP contribution in [0.3, 0.4) is 0 Å². The molecule has 0 amide bonds. The van der Waals surface area contributed by atoms with Gasteiger partial charge in [0, 0.05) is 6.42 Å². The van der Waals surface area contributed by atoms with Gasteiger partial charge in [0.25, 0.3) is 0 Å². The van der Waals surface area contributed by atoms with Crippen molar-refractivity contribution in [3.05, 3.63) is 0 Å². The Labute approximate surface area is 50.9 Å². The minimum atomic E-state index is -2.51. The molecule has 0 fully saturated rings. The zero-order valence-electron chi connectivity index (χ0n) is 4.69. The van der Waals surface area contributed by atoms with Crippen LogP contribution in [0.5, 0.6) is 0 Å². The summed E-state index contributed by atoms with van der Waals surface area (Å²) in [5.74, 6) is 0. The summed E-state index contributed by atoms with van der Waals surface area (Å²) in [6.07, 6.45) is -5.12. The van der Waals surface area contributed by atoms with Crippen LogP contribution in [0, 0.1) is 0 Å². The Morgan fingerprint density at radius 2 is 1.78 bits per heavy atom. The van der Waals surface area contributed by atoms with Crippen LogP contribution in [0.2, 0.25) is 0 Å². The number of halogens is 3. The van der Waals surface area contributed by atoms with Crippen molar-refractivity contribution < 1.29 is 18.0 Å². The Kier molecular flexibility index (Phi) is 4.09. The third kappa shape index (κ3) is 5.33. The van der Waals surface area contributed by atoms with Crippen molar-refractivity contribution in [3.63, 3.8) is 0 Å². The number of carbonyl (C=O) groups excluding carboxylic acids is 1. The molecule has 0 aromatic rings. The van der Waals surface area contributed by atoms with E-state index in [1.54, 1.807) is 0 Å². The highest BCUT2D eigenvalue weighted by atomic mass is 19.3. The summed E-state index contributed by atoms with van der Waals surface area (Å²) in [5, 5.41) is 0. The van der Waals surface area contributed by atoms with Crippen LogP contribution in [0.1, 0.15) is 12.8 Å². The van der Waals surface area contributed by atoms with Crippen molar-refractivity contribution in [1.29, 1.82) is 0 Å². The SMILES string of the molecule is O=CC(F)CCC(F)F. The van der Waals surface area contributed by atoms with Crippen molar-refractivity contribution in [3.8, 4) is 0 Å². The molecular formula is C5H7F3O. The molecule has 4 heteroatoms. The summed E-state index contributed by atoms with van der Waals surface area (Å²) in [6, 6.07) is 0. The number of hydrogen-bond donors (Lipinski definition) is 0. The zero-order chi connectivity index (χ0) is 7.28. The monoisotopic (exact) mass is 140 g/mol. The van der Waals surface area contributed by atoms with Crippen LogP contribution in [0.25, 0.3) is 0 Å². The molecule has 54 valence electrons. The van der Waals surface area contributed by atoms with Crippen molar-refractivity contribution in [2.24, 2.45) is 0 Å². The summed E-state index contributed by atoms with van der Waals surface area (Å²) >= 11 is 0. The molecule has 1 nitrogen and oxygen atoms in total. The topological polar surface area (TPSA) is 17.1 Å². The number of aldehydes is 1. The van der Waals surface area contributed by atoms with Gasteiger partial charge in [0.1, 0.15) is 0 Å². The van der Waals surface area contributed by atoms with Gasteiger partial charge in [-0.2, -0.15) is 0 Å². The highest BCUT2D eigenvalue weighted by Gasteiger charge is 2.08. The standard InChI is InChI=1S/C5H7F3O/c6-4(3-9)1-2-5(7)8/h3-5H,1-2H2. The van der Waals surface area contributed by atoms with Crippen LogP contribution in [-0.2, 0) is 4.79 Å². The lowest BCUT2D eigenvalue weighted by Gasteiger charge is -1.97. The van der Waals surface area contributed by atoms with Crippen LogP contribution < -0.4 is 0 Å². The Balaban J connectivity index is 3.16. The van der Waals surface area contributed by atoms with E-state index in [1.165, 1.54) is 0 Å². The van der Waals surface area contributed by atoms with E-state index in [0.29, 0.717) is 0 Å². The van der Waals surface area contributed by atoms with Gasteiger partial charge in [-0.3, -0.25) is 0 Å². The van der Waals surface area contributed by atoms with E-state index in [-0.39, 0.29) is 12.7 Å². The molecule has 0 aromatic heterocycles. The first kappa shape index (κ1) is 8.46. The summed E-state index contributed by atoms with van der Waals surface area (Å²) in [4.78, 5) is 9.50. The van der Waals surface area contributed by atoms with Gasteiger partial charge < -0.3 is 4.79 Å². The molecule has 0 N–H and O–H groups in total. The second-order valence-electron chi connectivity index (χ2n) is 1.62. The summed E-state index contributed by atoms with van der Waals surface area (Å²) in [7, 11) is 0. The Hall–Kier alpha value is -0.540. The third-order valence-electron chi connectivity index (χ3n) is 0.808. The maximum Gasteiger partial charge on any atom is 0.238 e. The molecule has 0 rings (SSSR count). The van der Waals surface area contributed by atoms with Crippen molar-refractivity contribution in [2.45, 2.75) is 25.4 Å². The van der Waals surface area contributed by atoms with Gasteiger partial charge in [0.2, 0.25) is 6.43 Å². The van der Waals surface area contributed by atoms with Gasteiger partial charge in [-0.05, 0) is 6.42 Å². The molecule has 0 heterocycles. The molecule has 9 heavy (non-hydrogen) atoms. The quantitative estimate of drug-likeness (QED) is 0.541. The molecule has 0 aliphatic heterocycles. The van der Waals surface area contributed by atoms with Crippen LogP contribution in [-0.4, -0.2) is 18.9 Å². The lowest BCUT2D eigenvalue weighted by Crippen LogP contribution is -2.03. The normalized spacial score (nSPS) is 13.8. The smallest absolute Gasteiger partial charge is 0.238 e. The van der Waals surface area contributed by atoms with E-state index < -0.39 is 19.0 Å². The minimum Gasteiger partial charge on any atom is -0.300 e. The minimum absolute atomic E-state index is 0.0301. The van der Waals surface area contributed by atoms with E-state index in [1.807, 2.05) is 0 Å². The molecule has 0 aliphatic rings. The fourth-order valence-electron chi connectivity index (χ4n) is 0.353. The van der Waals surface area contributed by atoms with E-state index >= 15 is 0 Å². The second kappa shape index (κ2) is 4.35. The number of rotatable bonds is 4. The summed E-state index contributed by atoms with van der Waals surface area (Å²) in [6.45, 7) is 0.